The molecular formula is C12H14BrFO. The van der Waals surface area contributed by atoms with Crippen LogP contribution in [0.3, 0.4) is 0 Å². The first-order chi connectivity index (χ1) is 7.04. The molecule has 0 bridgehead atoms. The van der Waals surface area contributed by atoms with Crippen LogP contribution >= 0.6 is 15.9 Å². The third-order valence-corrected chi connectivity index (χ3v) is 3.90. The van der Waals surface area contributed by atoms with Crippen LogP contribution in [0.1, 0.15) is 31.7 Å². The van der Waals surface area contributed by atoms with E-state index in [1.807, 2.05) is 6.92 Å². The fourth-order valence-corrected chi connectivity index (χ4v) is 2.75. The van der Waals surface area contributed by atoms with Crippen LogP contribution in [0, 0.1) is 11.7 Å². The zero-order valence-corrected chi connectivity index (χ0v) is 10.2. The van der Waals surface area contributed by atoms with E-state index in [4.69, 9.17) is 0 Å². The molecule has 0 spiro atoms. The summed E-state index contributed by atoms with van der Waals surface area (Å²) in [5.74, 6) is -0.184. The highest BCUT2D eigenvalue weighted by Gasteiger charge is 2.41. The molecule has 1 N–H and O–H groups in total. The molecule has 0 radical (unpaired) electrons. The molecule has 0 aromatic heterocycles. The van der Waals surface area contributed by atoms with Gasteiger partial charge in [0.05, 0.1) is 5.60 Å². The third-order valence-electron chi connectivity index (χ3n) is 3.41. The monoisotopic (exact) mass is 272 g/mol. The predicted molar refractivity (Wildman–Crippen MR) is 61.0 cm³/mol. The number of aliphatic hydroxyl groups is 1. The Labute approximate surface area is 97.4 Å². The largest absolute Gasteiger partial charge is 0.385 e. The van der Waals surface area contributed by atoms with Crippen molar-refractivity contribution in [1.29, 1.82) is 0 Å². The van der Waals surface area contributed by atoms with Gasteiger partial charge in [-0.05, 0) is 43.4 Å². The maximum Gasteiger partial charge on any atom is 0.129 e. The SMILES string of the molecule is CC1CCCC1(O)c1cc(Br)ccc1F. The molecule has 0 saturated heterocycles. The summed E-state index contributed by atoms with van der Waals surface area (Å²) >= 11 is 3.31. The van der Waals surface area contributed by atoms with Crippen molar-refractivity contribution in [2.45, 2.75) is 31.8 Å². The Morgan fingerprint density at radius 1 is 1.53 bits per heavy atom. The molecule has 15 heavy (non-hydrogen) atoms. The lowest BCUT2D eigenvalue weighted by Gasteiger charge is -2.28. The number of rotatable bonds is 1. The number of benzene rings is 1. The molecule has 0 amide bonds. The highest BCUT2D eigenvalue weighted by Crippen LogP contribution is 2.44. The van der Waals surface area contributed by atoms with Gasteiger partial charge in [-0.3, -0.25) is 0 Å². The molecule has 3 heteroatoms. The second kappa shape index (κ2) is 3.87. The van der Waals surface area contributed by atoms with E-state index in [0.717, 1.165) is 17.3 Å². The van der Waals surface area contributed by atoms with Crippen molar-refractivity contribution in [3.05, 3.63) is 34.1 Å². The van der Waals surface area contributed by atoms with Crippen LogP contribution in [0.2, 0.25) is 0 Å². The normalized spacial score (nSPS) is 30.8. The first-order valence-corrected chi connectivity index (χ1v) is 6.01. The van der Waals surface area contributed by atoms with Gasteiger partial charge in [0.15, 0.2) is 0 Å². The van der Waals surface area contributed by atoms with Gasteiger partial charge in [0, 0.05) is 10.0 Å². The molecule has 1 aromatic carbocycles. The van der Waals surface area contributed by atoms with Crippen LogP contribution in [-0.4, -0.2) is 5.11 Å². The molecule has 1 aliphatic carbocycles. The lowest BCUT2D eigenvalue weighted by atomic mass is 9.85. The number of hydrogen-bond donors (Lipinski definition) is 1. The molecule has 1 aliphatic rings. The first-order valence-electron chi connectivity index (χ1n) is 5.22. The Morgan fingerprint density at radius 3 is 2.87 bits per heavy atom. The van der Waals surface area contributed by atoms with E-state index < -0.39 is 5.60 Å². The van der Waals surface area contributed by atoms with E-state index in [-0.39, 0.29) is 11.7 Å². The number of halogens is 2. The second-order valence-electron chi connectivity index (χ2n) is 4.34. The molecule has 1 fully saturated rings. The van der Waals surface area contributed by atoms with Gasteiger partial charge >= 0.3 is 0 Å². The summed E-state index contributed by atoms with van der Waals surface area (Å²) in [5, 5.41) is 10.5. The average Bonchev–Trinajstić information content (AvgIpc) is 2.52. The molecule has 2 rings (SSSR count). The van der Waals surface area contributed by atoms with Crippen molar-refractivity contribution >= 4 is 15.9 Å². The molecule has 1 saturated carbocycles. The van der Waals surface area contributed by atoms with Crippen molar-refractivity contribution in [1.82, 2.24) is 0 Å². The first kappa shape index (κ1) is 11.1. The van der Waals surface area contributed by atoms with E-state index in [1.165, 1.54) is 6.07 Å². The standard InChI is InChI=1S/C12H14BrFO/c1-8-3-2-6-12(8,15)10-7-9(13)4-5-11(10)14/h4-5,7-8,15H,2-3,6H2,1H3. The molecule has 1 aromatic rings. The average molecular weight is 273 g/mol. The van der Waals surface area contributed by atoms with Crippen LogP contribution in [0.15, 0.2) is 22.7 Å². The van der Waals surface area contributed by atoms with Crippen molar-refractivity contribution < 1.29 is 9.50 Å². The summed E-state index contributed by atoms with van der Waals surface area (Å²) in [6.07, 6.45) is 2.58. The van der Waals surface area contributed by atoms with Gasteiger partial charge in [-0.25, -0.2) is 4.39 Å². The fourth-order valence-electron chi connectivity index (χ4n) is 2.39. The Morgan fingerprint density at radius 2 is 2.27 bits per heavy atom. The maximum absolute atomic E-state index is 13.7. The Kier molecular flexibility index (Phi) is 2.86. The van der Waals surface area contributed by atoms with Gasteiger partial charge < -0.3 is 5.11 Å². The van der Waals surface area contributed by atoms with E-state index >= 15 is 0 Å². The van der Waals surface area contributed by atoms with Crippen LogP contribution in [-0.2, 0) is 5.60 Å². The highest BCUT2D eigenvalue weighted by atomic mass is 79.9. The molecular weight excluding hydrogens is 259 g/mol. The lowest BCUT2D eigenvalue weighted by molar-refractivity contribution is 0.00115. The summed E-state index contributed by atoms with van der Waals surface area (Å²) in [6, 6.07) is 4.75. The Balaban J connectivity index is 2.48. The van der Waals surface area contributed by atoms with E-state index in [1.54, 1.807) is 12.1 Å². The molecule has 0 aliphatic heterocycles. The maximum atomic E-state index is 13.7. The summed E-state index contributed by atoms with van der Waals surface area (Å²) < 4.78 is 14.5. The Bertz CT molecular complexity index is 380. The summed E-state index contributed by atoms with van der Waals surface area (Å²) in [5.41, 5.74) is -0.546. The van der Waals surface area contributed by atoms with Crippen molar-refractivity contribution in [2.75, 3.05) is 0 Å². The van der Waals surface area contributed by atoms with Crippen LogP contribution < -0.4 is 0 Å². The van der Waals surface area contributed by atoms with E-state index in [2.05, 4.69) is 15.9 Å². The lowest BCUT2D eigenvalue weighted by Crippen LogP contribution is -2.29. The minimum Gasteiger partial charge on any atom is -0.385 e. The summed E-state index contributed by atoms with van der Waals surface area (Å²) in [4.78, 5) is 0. The zero-order chi connectivity index (χ0) is 11.1. The van der Waals surface area contributed by atoms with Gasteiger partial charge in [-0.2, -0.15) is 0 Å². The van der Waals surface area contributed by atoms with E-state index in [0.29, 0.717) is 12.0 Å². The van der Waals surface area contributed by atoms with E-state index in [9.17, 15) is 9.50 Å². The number of hydrogen-bond acceptors (Lipinski definition) is 1. The third kappa shape index (κ3) is 1.83. The second-order valence-corrected chi connectivity index (χ2v) is 5.26. The smallest absolute Gasteiger partial charge is 0.129 e. The van der Waals surface area contributed by atoms with Crippen molar-refractivity contribution in [3.63, 3.8) is 0 Å². The fraction of sp³-hybridized carbons (Fsp3) is 0.500. The summed E-state index contributed by atoms with van der Waals surface area (Å²) in [6.45, 7) is 1.98. The quantitative estimate of drug-likeness (QED) is 0.829. The molecule has 0 heterocycles. The molecule has 1 nitrogen and oxygen atoms in total. The summed E-state index contributed by atoms with van der Waals surface area (Å²) in [7, 11) is 0. The molecule has 2 atom stereocenters. The highest BCUT2D eigenvalue weighted by molar-refractivity contribution is 9.10. The Hall–Kier alpha value is -0.410. The van der Waals surface area contributed by atoms with Crippen LogP contribution in [0.25, 0.3) is 0 Å². The zero-order valence-electron chi connectivity index (χ0n) is 8.63. The van der Waals surface area contributed by atoms with Crippen LogP contribution in [0.4, 0.5) is 4.39 Å². The van der Waals surface area contributed by atoms with Gasteiger partial charge in [0.1, 0.15) is 5.82 Å². The van der Waals surface area contributed by atoms with Crippen molar-refractivity contribution in [2.24, 2.45) is 5.92 Å². The minimum absolute atomic E-state index is 0.126. The molecule has 82 valence electrons. The van der Waals surface area contributed by atoms with Gasteiger partial charge in [0.25, 0.3) is 0 Å². The van der Waals surface area contributed by atoms with Gasteiger partial charge in [-0.1, -0.05) is 22.9 Å². The van der Waals surface area contributed by atoms with Gasteiger partial charge in [0.2, 0.25) is 0 Å². The predicted octanol–water partition coefficient (Wildman–Crippen LogP) is 3.60. The molecule has 2 unspecified atom stereocenters. The van der Waals surface area contributed by atoms with Gasteiger partial charge in [-0.15, -0.1) is 0 Å². The minimum atomic E-state index is -0.978. The van der Waals surface area contributed by atoms with Crippen molar-refractivity contribution in [3.8, 4) is 0 Å². The van der Waals surface area contributed by atoms with Crippen LogP contribution in [0.5, 0.6) is 0 Å². The topological polar surface area (TPSA) is 20.2 Å².